The second-order valence-corrected chi connectivity index (χ2v) is 5.56. The molecule has 0 aromatic heterocycles. The van der Waals surface area contributed by atoms with E-state index < -0.39 is 0 Å². The van der Waals surface area contributed by atoms with Gasteiger partial charge in [0.2, 0.25) is 0 Å². The normalized spacial score (nSPS) is 18.3. The van der Waals surface area contributed by atoms with Crippen LogP contribution < -0.4 is 17.0 Å². The molecule has 0 atom stereocenters. The standard InChI is InChI=1S/C19H22NO.BrH/c1-3-20(2)18-19(14-15-21-18,16-10-6-4-7-11-16)17-12-8-5-9-13-17;/h4-13H,3,14-15H2,1-2H3;1H/q+1;/p-1. The number of benzene rings is 2. The molecular weight excluding hydrogens is 338 g/mol. The van der Waals surface area contributed by atoms with E-state index in [1.807, 2.05) is 0 Å². The van der Waals surface area contributed by atoms with Crippen molar-refractivity contribution in [3.8, 4) is 0 Å². The SMILES string of the molecule is CC[N+](C)=C1OCCC1(c1ccccc1)c1ccccc1.[Br-]. The smallest absolute Gasteiger partial charge is 0.351 e. The highest BCUT2D eigenvalue weighted by atomic mass is 79.9. The molecule has 0 amide bonds. The summed E-state index contributed by atoms with van der Waals surface area (Å²) >= 11 is 0. The molecule has 3 heteroatoms. The van der Waals surface area contributed by atoms with Crippen molar-refractivity contribution in [2.24, 2.45) is 0 Å². The van der Waals surface area contributed by atoms with Crippen molar-refractivity contribution in [1.82, 2.24) is 0 Å². The van der Waals surface area contributed by atoms with Gasteiger partial charge in [-0.2, -0.15) is 0 Å². The van der Waals surface area contributed by atoms with E-state index in [1.165, 1.54) is 11.1 Å². The van der Waals surface area contributed by atoms with Crippen molar-refractivity contribution in [2.45, 2.75) is 18.8 Å². The van der Waals surface area contributed by atoms with Crippen molar-refractivity contribution in [3.05, 3.63) is 71.8 Å². The first-order chi connectivity index (χ1) is 10.3. The fourth-order valence-corrected chi connectivity index (χ4v) is 3.26. The molecule has 2 nitrogen and oxygen atoms in total. The van der Waals surface area contributed by atoms with Crippen molar-refractivity contribution in [3.63, 3.8) is 0 Å². The maximum atomic E-state index is 6.07. The molecule has 1 heterocycles. The van der Waals surface area contributed by atoms with Crippen molar-refractivity contribution < 1.29 is 26.3 Å². The van der Waals surface area contributed by atoms with Gasteiger partial charge in [0, 0.05) is 6.42 Å². The van der Waals surface area contributed by atoms with Crippen LogP contribution in [0, 0.1) is 0 Å². The molecule has 0 bridgehead atoms. The molecule has 3 rings (SSSR count). The van der Waals surface area contributed by atoms with E-state index in [9.17, 15) is 0 Å². The summed E-state index contributed by atoms with van der Waals surface area (Å²) in [5.41, 5.74) is 2.46. The van der Waals surface area contributed by atoms with E-state index in [4.69, 9.17) is 4.74 Å². The lowest BCUT2D eigenvalue weighted by molar-refractivity contribution is -0.504. The van der Waals surface area contributed by atoms with E-state index >= 15 is 0 Å². The Balaban J connectivity index is 0.00000176. The Bertz CT molecular complexity index is 597. The molecule has 1 aliphatic rings. The number of hydrogen-bond acceptors (Lipinski definition) is 1. The molecule has 0 N–H and O–H groups in total. The van der Waals surface area contributed by atoms with Crippen LogP contribution in [0.25, 0.3) is 0 Å². The molecule has 1 saturated heterocycles. The lowest BCUT2D eigenvalue weighted by Crippen LogP contribution is -3.00. The van der Waals surface area contributed by atoms with Crippen molar-refractivity contribution in [1.29, 1.82) is 0 Å². The van der Waals surface area contributed by atoms with Crippen LogP contribution in [-0.2, 0) is 10.2 Å². The van der Waals surface area contributed by atoms with Crippen LogP contribution in [0.3, 0.4) is 0 Å². The number of nitrogens with zero attached hydrogens (tertiary/aromatic N) is 1. The minimum absolute atomic E-state index is 0. The Labute approximate surface area is 143 Å². The van der Waals surface area contributed by atoms with Crippen LogP contribution in [0.1, 0.15) is 24.5 Å². The minimum atomic E-state index is -0.159. The van der Waals surface area contributed by atoms with Crippen LogP contribution >= 0.6 is 0 Å². The Morgan fingerprint density at radius 1 is 0.955 bits per heavy atom. The third kappa shape index (κ3) is 2.70. The van der Waals surface area contributed by atoms with E-state index in [0.29, 0.717) is 0 Å². The van der Waals surface area contributed by atoms with Gasteiger partial charge in [-0.25, -0.2) is 4.58 Å². The maximum Gasteiger partial charge on any atom is 0.351 e. The predicted molar refractivity (Wildman–Crippen MR) is 86.0 cm³/mol. The van der Waals surface area contributed by atoms with Gasteiger partial charge in [0.05, 0.1) is 6.61 Å². The van der Waals surface area contributed by atoms with Gasteiger partial charge in [-0.3, -0.25) is 0 Å². The first kappa shape index (κ1) is 16.8. The molecule has 1 aliphatic heterocycles. The molecule has 22 heavy (non-hydrogen) atoms. The Kier molecular flexibility index (Phi) is 5.41. The van der Waals surface area contributed by atoms with E-state index in [2.05, 4.69) is 79.2 Å². The van der Waals surface area contributed by atoms with Crippen molar-refractivity contribution in [2.75, 3.05) is 20.2 Å². The van der Waals surface area contributed by atoms with Gasteiger partial charge in [-0.1, -0.05) is 60.7 Å². The fraction of sp³-hybridized carbons (Fsp3) is 0.316. The summed E-state index contributed by atoms with van der Waals surface area (Å²) < 4.78 is 8.30. The van der Waals surface area contributed by atoms with Crippen LogP contribution in [0.15, 0.2) is 60.7 Å². The molecular formula is C19H22BrNO. The summed E-state index contributed by atoms with van der Waals surface area (Å²) in [6.07, 6.45) is 0.987. The van der Waals surface area contributed by atoms with Gasteiger partial charge in [0.15, 0.2) is 0 Å². The minimum Gasteiger partial charge on any atom is -1.00 e. The van der Waals surface area contributed by atoms with E-state index in [-0.39, 0.29) is 22.4 Å². The second kappa shape index (κ2) is 7.10. The Hall–Kier alpha value is -1.61. The zero-order valence-electron chi connectivity index (χ0n) is 13.1. The van der Waals surface area contributed by atoms with Gasteiger partial charge in [0.1, 0.15) is 19.0 Å². The number of rotatable bonds is 3. The zero-order valence-corrected chi connectivity index (χ0v) is 14.7. The molecule has 0 radical (unpaired) electrons. The lowest BCUT2D eigenvalue weighted by atomic mass is 9.73. The number of halogens is 1. The van der Waals surface area contributed by atoms with Gasteiger partial charge in [-0.15, -0.1) is 0 Å². The molecule has 0 unspecified atom stereocenters. The molecule has 1 fully saturated rings. The summed E-state index contributed by atoms with van der Waals surface area (Å²) in [6, 6.07) is 21.4. The molecule has 0 aliphatic carbocycles. The molecule has 2 aromatic rings. The highest BCUT2D eigenvalue weighted by molar-refractivity contribution is 5.90. The summed E-state index contributed by atoms with van der Waals surface area (Å²) in [5.74, 6) is 1.07. The summed E-state index contributed by atoms with van der Waals surface area (Å²) in [7, 11) is 2.11. The monoisotopic (exact) mass is 359 g/mol. The summed E-state index contributed by atoms with van der Waals surface area (Å²) in [5, 5.41) is 0. The topological polar surface area (TPSA) is 12.2 Å². The predicted octanol–water partition coefficient (Wildman–Crippen LogP) is 0.458. The van der Waals surface area contributed by atoms with Gasteiger partial charge in [-0.05, 0) is 18.1 Å². The van der Waals surface area contributed by atoms with Crippen LogP contribution in [0.2, 0.25) is 0 Å². The van der Waals surface area contributed by atoms with Gasteiger partial charge >= 0.3 is 5.90 Å². The number of ether oxygens (including phenoxy) is 1. The van der Waals surface area contributed by atoms with E-state index in [0.717, 1.165) is 25.5 Å². The van der Waals surface area contributed by atoms with Crippen LogP contribution in [-0.4, -0.2) is 30.7 Å². The molecule has 2 aromatic carbocycles. The van der Waals surface area contributed by atoms with E-state index in [1.54, 1.807) is 0 Å². The molecule has 116 valence electrons. The average Bonchev–Trinajstić information content (AvgIpc) is 3.02. The first-order valence-electron chi connectivity index (χ1n) is 7.61. The summed E-state index contributed by atoms with van der Waals surface area (Å²) in [6.45, 7) is 3.87. The Morgan fingerprint density at radius 3 is 1.91 bits per heavy atom. The highest BCUT2D eigenvalue weighted by Crippen LogP contribution is 2.41. The largest absolute Gasteiger partial charge is 1.00 e. The summed E-state index contributed by atoms with van der Waals surface area (Å²) in [4.78, 5) is 0. The molecule has 0 saturated carbocycles. The Morgan fingerprint density at radius 2 is 1.45 bits per heavy atom. The zero-order chi connectivity index (χ0) is 14.7. The lowest BCUT2D eigenvalue weighted by Gasteiger charge is -2.26. The van der Waals surface area contributed by atoms with Crippen LogP contribution in [0.4, 0.5) is 0 Å². The fourth-order valence-electron chi connectivity index (χ4n) is 3.26. The highest BCUT2D eigenvalue weighted by Gasteiger charge is 2.50. The van der Waals surface area contributed by atoms with Gasteiger partial charge < -0.3 is 21.7 Å². The average molecular weight is 360 g/mol. The first-order valence-corrected chi connectivity index (χ1v) is 7.61. The molecule has 0 spiro atoms. The second-order valence-electron chi connectivity index (χ2n) is 5.56. The third-order valence-electron chi connectivity index (χ3n) is 4.44. The quantitative estimate of drug-likeness (QED) is 0.725. The third-order valence-corrected chi connectivity index (χ3v) is 4.44. The van der Waals surface area contributed by atoms with Gasteiger partial charge in [0.25, 0.3) is 0 Å². The van der Waals surface area contributed by atoms with Crippen LogP contribution in [0.5, 0.6) is 0 Å². The number of hydrogen-bond donors (Lipinski definition) is 0. The maximum absolute atomic E-state index is 6.07. The van der Waals surface area contributed by atoms with Crippen molar-refractivity contribution >= 4 is 5.90 Å².